The molecular weight excluding hydrogens is 752 g/mol. The first kappa shape index (κ1) is 44.7. The zero-order valence-electron chi connectivity index (χ0n) is 34.9. The minimum atomic E-state index is -3.12. The minimum Gasteiger partial charge on any atom is -0.457 e. The van der Waals surface area contributed by atoms with Crippen LogP contribution < -0.4 is 0 Å². The van der Waals surface area contributed by atoms with Gasteiger partial charge in [0.15, 0.2) is 12.1 Å². The Morgan fingerprint density at radius 2 is 1.82 bits per heavy atom. The first-order chi connectivity index (χ1) is 26.7. The normalized spacial score (nSPS) is 38.3. The quantitative estimate of drug-likeness (QED) is 0.148. The molecule has 57 heavy (non-hydrogen) atoms. The number of ketones is 2. The number of rotatable bonds is 7. The van der Waals surface area contributed by atoms with Gasteiger partial charge in [0.1, 0.15) is 35.9 Å². The summed E-state index contributed by atoms with van der Waals surface area (Å²) in [7, 11) is 3.67. The number of aliphatic hydroxyl groups is 1. The molecule has 0 spiro atoms. The fourth-order valence-electron chi connectivity index (χ4n) is 9.04. The molecule has 1 N–H and O–H groups in total. The SMILES string of the molecule is C=C1CO[C@]2(C)[C@@H](CC)OC(=O)C(C)(F)C(=O)[C@H](C)[C@@H](O[C@@H]3O[C@H](C)C[C@H](N(C)C)[C@H]3O)[C@](C)(OCC#Cc3ccc(-c4cccs4)cn3)C[C@@H](C)C(=O)C(C)[C@H]12. The summed E-state index contributed by atoms with van der Waals surface area (Å²) in [5.41, 5.74) is -3.75. The molecule has 3 aliphatic rings. The summed E-state index contributed by atoms with van der Waals surface area (Å²) in [5, 5.41) is 13.6. The van der Waals surface area contributed by atoms with E-state index in [1.807, 2.05) is 55.6 Å². The Morgan fingerprint density at radius 1 is 1.11 bits per heavy atom. The molecule has 0 aromatic carbocycles. The molecular formula is C44H59FN2O9S. The van der Waals surface area contributed by atoms with E-state index in [0.717, 1.165) is 17.4 Å². The van der Waals surface area contributed by atoms with Gasteiger partial charge >= 0.3 is 5.97 Å². The number of pyridine rings is 1. The van der Waals surface area contributed by atoms with E-state index in [1.54, 1.807) is 52.2 Å². The molecule has 11 nitrogen and oxygen atoms in total. The van der Waals surface area contributed by atoms with Crippen molar-refractivity contribution in [2.75, 3.05) is 27.3 Å². The highest BCUT2D eigenvalue weighted by Crippen LogP contribution is 2.47. The van der Waals surface area contributed by atoms with Gasteiger partial charge in [0.05, 0.1) is 24.4 Å². The number of thiophene rings is 1. The number of Topliss-reactive ketones (excluding diaryl/α,β-unsaturated/α-hetero) is 2. The molecule has 2 aromatic rings. The molecule has 0 radical (unpaired) electrons. The lowest BCUT2D eigenvalue weighted by Gasteiger charge is -2.47. The average molecular weight is 811 g/mol. The smallest absolute Gasteiger partial charge is 0.351 e. The Bertz CT molecular complexity index is 1820. The van der Waals surface area contributed by atoms with Gasteiger partial charge in [-0.1, -0.05) is 46.3 Å². The van der Waals surface area contributed by atoms with E-state index in [1.165, 1.54) is 6.92 Å². The average Bonchev–Trinajstić information content (AvgIpc) is 3.82. The summed E-state index contributed by atoms with van der Waals surface area (Å²) in [6, 6.07) is 7.35. The van der Waals surface area contributed by atoms with Crippen LogP contribution in [0.25, 0.3) is 10.4 Å². The number of hydrogen-bond donors (Lipinski definition) is 1. The summed E-state index contributed by atoms with van der Waals surface area (Å²) in [6.07, 6.45) is -2.64. The van der Waals surface area contributed by atoms with E-state index >= 15 is 4.39 Å². The van der Waals surface area contributed by atoms with E-state index in [0.29, 0.717) is 17.7 Å². The van der Waals surface area contributed by atoms with Crippen LogP contribution in [0.4, 0.5) is 4.39 Å². The molecule has 3 saturated heterocycles. The van der Waals surface area contributed by atoms with Gasteiger partial charge in [-0.15, -0.1) is 11.3 Å². The van der Waals surface area contributed by atoms with Crippen LogP contribution in [-0.4, -0.2) is 113 Å². The maximum atomic E-state index is 16.9. The van der Waals surface area contributed by atoms with E-state index < -0.39 is 76.9 Å². The number of aliphatic hydroxyl groups excluding tert-OH is 1. The maximum Gasteiger partial charge on any atom is 0.351 e. The highest BCUT2D eigenvalue weighted by molar-refractivity contribution is 7.13. The van der Waals surface area contributed by atoms with Gasteiger partial charge in [-0.05, 0) is 96.1 Å². The van der Waals surface area contributed by atoms with Gasteiger partial charge in [-0.3, -0.25) is 9.59 Å². The van der Waals surface area contributed by atoms with Gasteiger partial charge in [-0.2, -0.15) is 0 Å². The van der Waals surface area contributed by atoms with Crippen LogP contribution in [0.1, 0.15) is 80.3 Å². The van der Waals surface area contributed by atoms with E-state index in [9.17, 15) is 19.5 Å². The second-order valence-electron chi connectivity index (χ2n) is 16.8. The van der Waals surface area contributed by atoms with Crippen molar-refractivity contribution in [3.05, 3.63) is 53.7 Å². The van der Waals surface area contributed by atoms with Crippen molar-refractivity contribution in [3.8, 4) is 22.3 Å². The van der Waals surface area contributed by atoms with Gasteiger partial charge in [0.25, 0.3) is 5.67 Å². The molecule has 5 rings (SSSR count). The van der Waals surface area contributed by atoms with E-state index in [4.69, 9.17) is 23.7 Å². The van der Waals surface area contributed by atoms with Crippen LogP contribution in [0.5, 0.6) is 0 Å². The second-order valence-corrected chi connectivity index (χ2v) is 17.8. The molecule has 0 saturated carbocycles. The number of likely N-dealkylation sites (N-methyl/N-ethyl adjacent to an activating group) is 1. The number of alkyl halides is 1. The molecule has 3 aliphatic heterocycles. The Morgan fingerprint density at radius 3 is 2.44 bits per heavy atom. The van der Waals surface area contributed by atoms with Crippen molar-refractivity contribution in [1.82, 2.24) is 9.88 Å². The topological polar surface area (TPSA) is 134 Å². The van der Waals surface area contributed by atoms with Crippen molar-refractivity contribution in [1.29, 1.82) is 0 Å². The van der Waals surface area contributed by atoms with Gasteiger partial charge < -0.3 is 33.7 Å². The Hall–Kier alpha value is -3.35. The van der Waals surface area contributed by atoms with Crippen LogP contribution in [0, 0.1) is 35.5 Å². The number of aromatic nitrogens is 1. The van der Waals surface area contributed by atoms with Crippen molar-refractivity contribution < 1.29 is 47.6 Å². The van der Waals surface area contributed by atoms with Crippen LogP contribution in [-0.2, 0) is 38.1 Å². The Balaban J connectivity index is 1.57. The summed E-state index contributed by atoms with van der Waals surface area (Å²) in [5.74, 6) is 0.113. The standard InChI is InChI=1S/C44H59FN2O9S/c1-12-34-44(9)35(26(3)24-53-44)28(5)36(48)25(2)22-42(7,52-19-13-15-31-18-17-30(23-46-31)33-16-14-20-57-33)39(29(6)38(50)43(8,45)41(51)55-34)56-40-37(49)32(47(10)11)21-27(4)54-40/h14,16-18,20,23,25,27-29,32,34-35,37,39-40,49H,3,12,19,21-22,24H2,1-2,4-11H3/t25-,27-,28?,29+,32+,34-,35+,37-,39-,40+,42-,43?,44-/m1/s1. The molecule has 5 heterocycles. The third kappa shape index (κ3) is 9.28. The number of hydrogen-bond acceptors (Lipinski definition) is 12. The highest BCUT2D eigenvalue weighted by Gasteiger charge is 2.58. The van der Waals surface area contributed by atoms with E-state index in [-0.39, 0.29) is 44.0 Å². The Labute approximate surface area is 340 Å². The number of ether oxygens (including phenoxy) is 5. The third-order valence-electron chi connectivity index (χ3n) is 12.2. The number of carbonyl (C=O) groups is 3. The van der Waals surface area contributed by atoms with Gasteiger partial charge in [-0.25, -0.2) is 14.2 Å². The molecule has 2 aromatic heterocycles. The molecule has 312 valence electrons. The lowest BCUT2D eigenvalue weighted by molar-refractivity contribution is -0.296. The fraction of sp³-hybridized carbons (Fsp3) is 0.636. The van der Waals surface area contributed by atoms with Crippen LogP contribution in [0.3, 0.4) is 0 Å². The largest absolute Gasteiger partial charge is 0.457 e. The number of esters is 1. The molecule has 2 unspecified atom stereocenters. The molecule has 0 bridgehead atoms. The van der Waals surface area contributed by atoms with Gasteiger partial charge in [0, 0.05) is 46.4 Å². The number of carbonyl (C=O) groups excluding carboxylic acids is 3. The second kappa shape index (κ2) is 17.9. The number of halogens is 1. The summed E-state index contributed by atoms with van der Waals surface area (Å²) < 4.78 is 48.3. The third-order valence-corrected chi connectivity index (χ3v) is 13.1. The van der Waals surface area contributed by atoms with Crippen molar-refractivity contribution in [2.45, 2.75) is 128 Å². The van der Waals surface area contributed by atoms with Crippen molar-refractivity contribution >= 4 is 28.9 Å². The van der Waals surface area contributed by atoms with Crippen molar-refractivity contribution in [2.24, 2.45) is 23.7 Å². The zero-order valence-corrected chi connectivity index (χ0v) is 35.7. The molecule has 13 heteroatoms. The minimum absolute atomic E-state index is 0.00476. The zero-order chi connectivity index (χ0) is 42.0. The Kier molecular flexibility index (Phi) is 14.0. The monoisotopic (exact) mass is 810 g/mol. The molecule has 3 fully saturated rings. The summed E-state index contributed by atoms with van der Waals surface area (Å²) >= 11 is 1.61. The number of fused-ring (bicyclic) bond motifs is 1. The molecule has 0 aliphatic carbocycles. The first-order valence-electron chi connectivity index (χ1n) is 19.8. The van der Waals surface area contributed by atoms with Crippen LogP contribution in [0.15, 0.2) is 48.0 Å². The lowest BCUT2D eigenvalue weighted by Crippen LogP contribution is -2.61. The fourth-order valence-corrected chi connectivity index (χ4v) is 9.76. The number of cyclic esters (lactones) is 1. The molecule has 13 atom stereocenters. The van der Waals surface area contributed by atoms with Gasteiger partial charge in [0.2, 0.25) is 0 Å². The predicted octanol–water partition coefficient (Wildman–Crippen LogP) is 6.21. The summed E-state index contributed by atoms with van der Waals surface area (Å²) in [6.45, 7) is 17.1. The van der Waals surface area contributed by atoms with Crippen LogP contribution >= 0.6 is 11.3 Å². The maximum absolute atomic E-state index is 16.9. The van der Waals surface area contributed by atoms with E-state index in [2.05, 4.69) is 23.4 Å². The van der Waals surface area contributed by atoms with Crippen LogP contribution in [0.2, 0.25) is 0 Å². The first-order valence-corrected chi connectivity index (χ1v) is 20.7. The lowest BCUT2D eigenvalue weighted by atomic mass is 9.69. The predicted molar refractivity (Wildman–Crippen MR) is 215 cm³/mol. The number of nitrogens with zero attached hydrogens (tertiary/aromatic N) is 2. The van der Waals surface area contributed by atoms with Crippen molar-refractivity contribution in [3.63, 3.8) is 0 Å². The highest BCUT2D eigenvalue weighted by atomic mass is 32.1. The molecule has 0 amide bonds. The summed E-state index contributed by atoms with van der Waals surface area (Å²) in [4.78, 5) is 50.2.